The highest BCUT2D eigenvalue weighted by atomic mass is 35.5. The number of hydrogen-bond donors (Lipinski definition) is 1. The molecule has 0 spiro atoms. The molecule has 1 amide bonds. The van der Waals surface area contributed by atoms with Crippen LogP contribution in [0.4, 0.5) is 11.5 Å². The molecular weight excluding hydrogens is 471 g/mol. The minimum absolute atomic E-state index is 0.0321. The summed E-state index contributed by atoms with van der Waals surface area (Å²) in [6.07, 6.45) is 3.89. The number of carbonyl (C=O) groups excluding carboxylic acids is 1. The van der Waals surface area contributed by atoms with E-state index in [1.54, 1.807) is 41.2 Å². The average Bonchev–Trinajstić information content (AvgIpc) is 3.19. The molecule has 0 bridgehead atoms. The zero-order chi connectivity index (χ0) is 23.3. The molecule has 0 atom stereocenters. The van der Waals surface area contributed by atoms with Gasteiger partial charge in [-0.1, -0.05) is 36.2 Å². The van der Waals surface area contributed by atoms with Gasteiger partial charge in [-0.15, -0.1) is 6.58 Å². The van der Waals surface area contributed by atoms with Crippen molar-refractivity contribution in [2.75, 3.05) is 16.2 Å². The largest absolute Gasteiger partial charge is 0.307 e. The molecule has 2 aromatic carbocycles. The Kier molecular flexibility index (Phi) is 7.60. The third kappa shape index (κ3) is 5.15. The second kappa shape index (κ2) is 10.2. The maximum atomic E-state index is 13.4. The number of amides is 1. The van der Waals surface area contributed by atoms with Crippen molar-refractivity contribution in [3.63, 3.8) is 0 Å². The van der Waals surface area contributed by atoms with Crippen LogP contribution in [0.2, 0.25) is 10.0 Å². The Balaban J connectivity index is 1.96. The van der Waals surface area contributed by atoms with Crippen molar-refractivity contribution in [3.8, 4) is 0 Å². The third-order valence-corrected chi connectivity index (χ3v) is 6.94. The molecule has 0 aliphatic carbocycles. The van der Waals surface area contributed by atoms with E-state index in [1.165, 1.54) is 28.6 Å². The summed E-state index contributed by atoms with van der Waals surface area (Å²) in [5, 5.41) is 7.52. The number of sulfonamides is 1. The predicted molar refractivity (Wildman–Crippen MR) is 128 cm³/mol. The molecule has 32 heavy (non-hydrogen) atoms. The van der Waals surface area contributed by atoms with Crippen LogP contribution in [0, 0.1) is 0 Å². The highest BCUT2D eigenvalue weighted by molar-refractivity contribution is 7.92. The molecule has 7 nitrogen and oxygen atoms in total. The Bertz CT molecular complexity index is 1220. The smallest absolute Gasteiger partial charge is 0.264 e. The Labute approximate surface area is 197 Å². The first kappa shape index (κ1) is 23.8. The number of anilines is 2. The minimum Gasteiger partial charge on any atom is -0.307 e. The minimum atomic E-state index is -4.02. The van der Waals surface area contributed by atoms with Crippen LogP contribution in [0.25, 0.3) is 0 Å². The molecule has 0 unspecified atom stereocenters. The van der Waals surface area contributed by atoms with Gasteiger partial charge in [0.15, 0.2) is 0 Å². The molecule has 0 aliphatic heterocycles. The molecular formula is C22H22Cl2N4O3S. The van der Waals surface area contributed by atoms with E-state index in [1.807, 2.05) is 6.92 Å². The van der Waals surface area contributed by atoms with E-state index in [0.29, 0.717) is 23.1 Å². The molecule has 1 aromatic heterocycles. The van der Waals surface area contributed by atoms with Gasteiger partial charge >= 0.3 is 0 Å². The van der Waals surface area contributed by atoms with Crippen LogP contribution in [0.15, 0.2) is 72.3 Å². The van der Waals surface area contributed by atoms with E-state index in [4.69, 9.17) is 23.2 Å². The number of nitrogens with one attached hydrogen (secondary N) is 1. The predicted octanol–water partition coefficient (Wildman–Crippen LogP) is 5.23. The first-order chi connectivity index (χ1) is 15.3. The summed E-state index contributed by atoms with van der Waals surface area (Å²) >= 11 is 12.2. The molecule has 1 heterocycles. The second-order valence-electron chi connectivity index (χ2n) is 6.84. The number of rotatable bonds is 9. The van der Waals surface area contributed by atoms with Gasteiger partial charge in [0.2, 0.25) is 0 Å². The molecule has 0 fully saturated rings. The highest BCUT2D eigenvalue weighted by Crippen LogP contribution is 2.28. The monoisotopic (exact) mass is 492 g/mol. The summed E-state index contributed by atoms with van der Waals surface area (Å²) in [7, 11) is -4.02. The summed E-state index contributed by atoms with van der Waals surface area (Å²) in [5.41, 5.74) is 0.449. The third-order valence-electron chi connectivity index (χ3n) is 4.57. The lowest BCUT2D eigenvalue weighted by Gasteiger charge is -2.23. The van der Waals surface area contributed by atoms with Crippen molar-refractivity contribution in [2.24, 2.45) is 0 Å². The summed E-state index contributed by atoms with van der Waals surface area (Å²) in [5.74, 6) is -0.0395. The number of aryl methyl sites for hydroxylation is 1. The van der Waals surface area contributed by atoms with Gasteiger partial charge in [0.25, 0.3) is 15.9 Å². The number of halogens is 2. The van der Waals surface area contributed by atoms with Crippen LogP contribution in [-0.2, 0) is 16.6 Å². The quantitative estimate of drug-likeness (QED) is 0.414. The van der Waals surface area contributed by atoms with Gasteiger partial charge in [-0.3, -0.25) is 9.10 Å². The van der Waals surface area contributed by atoms with Crippen molar-refractivity contribution in [3.05, 3.63) is 83.0 Å². The fourth-order valence-corrected chi connectivity index (χ4v) is 4.84. The normalized spacial score (nSPS) is 11.2. The van der Waals surface area contributed by atoms with E-state index in [9.17, 15) is 13.2 Å². The van der Waals surface area contributed by atoms with Crippen molar-refractivity contribution >= 4 is 50.6 Å². The van der Waals surface area contributed by atoms with Crippen molar-refractivity contribution in [1.82, 2.24) is 9.78 Å². The molecule has 0 saturated carbocycles. The molecule has 0 aliphatic rings. The molecule has 3 aromatic rings. The fourth-order valence-electron chi connectivity index (χ4n) is 3.05. The van der Waals surface area contributed by atoms with Gasteiger partial charge in [0, 0.05) is 17.6 Å². The van der Waals surface area contributed by atoms with Crippen LogP contribution >= 0.6 is 23.2 Å². The van der Waals surface area contributed by atoms with E-state index >= 15 is 0 Å². The lowest BCUT2D eigenvalue weighted by atomic mass is 10.2. The molecule has 0 saturated heterocycles. The van der Waals surface area contributed by atoms with Gasteiger partial charge < -0.3 is 5.32 Å². The summed E-state index contributed by atoms with van der Waals surface area (Å²) < 4.78 is 29.6. The Morgan fingerprint density at radius 1 is 1.19 bits per heavy atom. The van der Waals surface area contributed by atoms with Crippen LogP contribution in [0.5, 0.6) is 0 Å². The molecule has 168 valence electrons. The molecule has 0 radical (unpaired) electrons. The molecule has 1 N–H and O–H groups in total. The number of carbonyl (C=O) groups is 1. The Morgan fingerprint density at radius 2 is 1.91 bits per heavy atom. The van der Waals surface area contributed by atoms with Gasteiger partial charge in [0.1, 0.15) is 5.82 Å². The van der Waals surface area contributed by atoms with Crippen molar-refractivity contribution in [2.45, 2.75) is 24.8 Å². The lowest BCUT2D eigenvalue weighted by Crippen LogP contribution is -2.31. The zero-order valence-corrected chi connectivity index (χ0v) is 19.7. The number of benzene rings is 2. The first-order valence-corrected chi connectivity index (χ1v) is 12.0. The van der Waals surface area contributed by atoms with E-state index < -0.39 is 15.9 Å². The van der Waals surface area contributed by atoms with Crippen molar-refractivity contribution < 1.29 is 13.2 Å². The Morgan fingerprint density at radius 3 is 2.56 bits per heavy atom. The topological polar surface area (TPSA) is 84.3 Å². The maximum Gasteiger partial charge on any atom is 0.264 e. The van der Waals surface area contributed by atoms with Crippen LogP contribution in [-0.4, -0.2) is 30.7 Å². The van der Waals surface area contributed by atoms with Crippen LogP contribution in [0.1, 0.15) is 23.7 Å². The zero-order valence-electron chi connectivity index (χ0n) is 17.3. The average molecular weight is 493 g/mol. The van der Waals surface area contributed by atoms with Crippen LogP contribution < -0.4 is 9.62 Å². The van der Waals surface area contributed by atoms with E-state index in [0.717, 1.165) is 6.42 Å². The standard InChI is InChI=1S/C22H22Cl2N4O3S/c1-3-13-27-21(11-12-25-27)26-22(29)19-15-18(9-10-20(19)24)32(30,31)28(14-4-2)17-7-5-16(23)6-8-17/h4-12,15H,2-3,13-14H2,1H3,(H,26,29). The molecule has 10 heteroatoms. The maximum absolute atomic E-state index is 13.4. The van der Waals surface area contributed by atoms with Gasteiger partial charge in [-0.2, -0.15) is 5.10 Å². The van der Waals surface area contributed by atoms with Crippen molar-refractivity contribution in [1.29, 1.82) is 0 Å². The fraction of sp³-hybridized carbons (Fsp3) is 0.182. The van der Waals surface area contributed by atoms with Gasteiger partial charge in [-0.25, -0.2) is 13.1 Å². The SMILES string of the molecule is C=CCN(c1ccc(Cl)cc1)S(=O)(=O)c1ccc(Cl)c(C(=O)Nc2ccnn2CCC)c1. The number of aromatic nitrogens is 2. The number of nitrogens with zero attached hydrogens (tertiary/aromatic N) is 3. The van der Waals surface area contributed by atoms with Gasteiger partial charge in [-0.05, 0) is 48.9 Å². The summed E-state index contributed by atoms with van der Waals surface area (Å²) in [6.45, 7) is 6.30. The first-order valence-electron chi connectivity index (χ1n) is 9.80. The van der Waals surface area contributed by atoms with E-state index in [-0.39, 0.29) is 22.0 Å². The lowest BCUT2D eigenvalue weighted by molar-refractivity contribution is 0.102. The summed E-state index contributed by atoms with van der Waals surface area (Å²) in [6, 6.07) is 12.1. The summed E-state index contributed by atoms with van der Waals surface area (Å²) in [4.78, 5) is 12.8. The van der Waals surface area contributed by atoms with E-state index in [2.05, 4.69) is 17.0 Å². The number of hydrogen-bond acceptors (Lipinski definition) is 4. The molecule has 3 rings (SSSR count). The highest BCUT2D eigenvalue weighted by Gasteiger charge is 2.26. The Hall–Kier alpha value is -2.81. The second-order valence-corrected chi connectivity index (χ2v) is 9.54. The van der Waals surface area contributed by atoms with Gasteiger partial charge in [0.05, 0.1) is 33.9 Å². The van der Waals surface area contributed by atoms with Crippen LogP contribution in [0.3, 0.4) is 0 Å².